The quantitative estimate of drug-likeness (QED) is 0.223. The minimum Gasteiger partial charge on any atom is -0.618 e. The average molecular weight is 643 g/mol. The lowest BCUT2D eigenvalue weighted by molar-refractivity contribution is -0.622. The number of hydrogen-bond acceptors (Lipinski definition) is 7. The number of benzene rings is 2. The smallest absolute Gasteiger partial charge is 0.414 e. The summed E-state index contributed by atoms with van der Waals surface area (Å²) in [7, 11) is 1.57. The number of piperidine rings is 2. The molecule has 2 fully saturated rings. The van der Waals surface area contributed by atoms with Crippen LogP contribution in [0.3, 0.4) is 0 Å². The van der Waals surface area contributed by atoms with Crippen molar-refractivity contribution >= 4 is 17.7 Å². The minimum atomic E-state index is -0.323. The lowest BCUT2D eigenvalue weighted by Crippen LogP contribution is -2.50. The number of rotatable bonds is 9. The second kappa shape index (κ2) is 14.2. The van der Waals surface area contributed by atoms with E-state index in [1.807, 2.05) is 54.3 Å². The highest BCUT2D eigenvalue weighted by Crippen LogP contribution is 2.33. The van der Waals surface area contributed by atoms with Crippen molar-refractivity contribution in [1.82, 2.24) is 9.80 Å². The number of hydrogen-bond donors (Lipinski definition) is 0. The van der Waals surface area contributed by atoms with Gasteiger partial charge in [-0.15, -0.1) is 0 Å². The number of carbonyl (C=O) groups is 2. The maximum absolute atomic E-state index is 13.6. The Morgan fingerprint density at radius 1 is 1.00 bits per heavy atom. The molecule has 250 valence electrons. The predicted molar refractivity (Wildman–Crippen MR) is 179 cm³/mol. The normalized spacial score (nSPS) is 17.7. The standard InChI is InChI=1S/C37H46N4O6/c1-5-27-21-25(3)32(33(6-2)41(27)44)23-38-17-15-29(16-18-38)47-30-11-12-31(35(22-30)45-4)36(42)39-19-13-28(14-20-39)40-34-10-8-7-9-26(34)24-46-37(40)43/h7-12,21-22,28-29H,5-6,13-20,23-24H2,1-4H3. The van der Waals surface area contributed by atoms with Crippen LogP contribution in [-0.2, 0) is 30.7 Å². The third kappa shape index (κ3) is 6.74. The van der Waals surface area contributed by atoms with Gasteiger partial charge >= 0.3 is 6.09 Å². The van der Waals surface area contributed by atoms with Crippen molar-refractivity contribution < 1.29 is 28.5 Å². The van der Waals surface area contributed by atoms with Crippen molar-refractivity contribution in [2.75, 3.05) is 38.2 Å². The summed E-state index contributed by atoms with van der Waals surface area (Å²) >= 11 is 0. The molecule has 2 saturated heterocycles. The highest BCUT2D eigenvalue weighted by Gasteiger charge is 2.35. The Morgan fingerprint density at radius 3 is 2.45 bits per heavy atom. The van der Waals surface area contributed by atoms with Gasteiger partial charge in [-0.05, 0) is 56.4 Å². The second-order valence-electron chi connectivity index (χ2n) is 12.8. The molecule has 3 aromatic rings. The molecule has 3 aliphatic rings. The summed E-state index contributed by atoms with van der Waals surface area (Å²) in [5.41, 5.74) is 6.44. The number of aromatic nitrogens is 1. The summed E-state index contributed by atoms with van der Waals surface area (Å²) < 4.78 is 18.6. The fourth-order valence-corrected chi connectivity index (χ4v) is 7.28. The summed E-state index contributed by atoms with van der Waals surface area (Å²) in [6, 6.07) is 15.3. The second-order valence-corrected chi connectivity index (χ2v) is 12.8. The van der Waals surface area contributed by atoms with E-state index in [2.05, 4.69) is 18.7 Å². The van der Waals surface area contributed by atoms with E-state index in [9.17, 15) is 14.8 Å². The van der Waals surface area contributed by atoms with E-state index in [4.69, 9.17) is 14.2 Å². The van der Waals surface area contributed by atoms with Crippen LogP contribution in [-0.4, -0.2) is 67.2 Å². The maximum Gasteiger partial charge on any atom is 0.414 e. The van der Waals surface area contributed by atoms with Crippen LogP contribution in [0.2, 0.25) is 0 Å². The van der Waals surface area contributed by atoms with Gasteiger partial charge in [0.25, 0.3) is 5.91 Å². The van der Waals surface area contributed by atoms with Crippen LogP contribution < -0.4 is 19.1 Å². The van der Waals surface area contributed by atoms with Crippen LogP contribution in [0.1, 0.15) is 78.0 Å². The molecule has 47 heavy (non-hydrogen) atoms. The van der Waals surface area contributed by atoms with E-state index in [0.29, 0.717) is 49.6 Å². The third-order valence-corrected chi connectivity index (χ3v) is 9.95. The van der Waals surface area contributed by atoms with Crippen LogP contribution in [0.5, 0.6) is 11.5 Å². The molecule has 4 heterocycles. The van der Waals surface area contributed by atoms with Gasteiger partial charge in [-0.2, -0.15) is 4.73 Å². The maximum atomic E-state index is 13.6. The Labute approximate surface area is 277 Å². The van der Waals surface area contributed by atoms with Crippen molar-refractivity contribution in [3.05, 3.63) is 87.4 Å². The third-order valence-electron chi connectivity index (χ3n) is 9.95. The molecule has 10 nitrogen and oxygen atoms in total. The molecule has 3 aliphatic heterocycles. The number of fused-ring (bicyclic) bond motifs is 1. The Bertz CT molecular complexity index is 1610. The molecule has 2 amide bonds. The Hall–Kier alpha value is -4.31. The average Bonchev–Trinajstić information content (AvgIpc) is 3.10. The van der Waals surface area contributed by atoms with Crippen LogP contribution in [0.4, 0.5) is 10.5 Å². The van der Waals surface area contributed by atoms with Gasteiger partial charge in [0.05, 0.1) is 18.4 Å². The number of aryl methyl sites for hydroxylation is 2. The largest absolute Gasteiger partial charge is 0.618 e. The summed E-state index contributed by atoms with van der Waals surface area (Å²) in [6.45, 7) is 10.1. The van der Waals surface area contributed by atoms with Gasteiger partial charge in [-0.25, -0.2) is 4.79 Å². The number of methoxy groups -OCH3 is 1. The topological polar surface area (TPSA) is 98.5 Å². The number of anilines is 1. The molecular formula is C37H46N4O6. The molecule has 2 aromatic carbocycles. The monoisotopic (exact) mass is 642 g/mol. The first-order valence-corrected chi connectivity index (χ1v) is 16.9. The van der Waals surface area contributed by atoms with Gasteiger partial charge in [0.15, 0.2) is 11.4 Å². The number of para-hydroxylation sites is 1. The van der Waals surface area contributed by atoms with Gasteiger partial charge in [0.2, 0.25) is 0 Å². The van der Waals surface area contributed by atoms with Gasteiger partial charge in [-0.1, -0.05) is 32.0 Å². The number of pyridine rings is 1. The van der Waals surface area contributed by atoms with Crippen LogP contribution >= 0.6 is 0 Å². The van der Waals surface area contributed by atoms with Gasteiger partial charge in [0.1, 0.15) is 24.2 Å². The Balaban J connectivity index is 1.04. The predicted octanol–water partition coefficient (Wildman–Crippen LogP) is 5.57. The van der Waals surface area contributed by atoms with E-state index in [-0.39, 0.29) is 24.1 Å². The molecule has 0 saturated carbocycles. The zero-order valence-electron chi connectivity index (χ0n) is 28.0. The van der Waals surface area contributed by atoms with Gasteiger partial charge < -0.3 is 24.3 Å². The van der Waals surface area contributed by atoms with Crippen molar-refractivity contribution in [3.8, 4) is 11.5 Å². The van der Waals surface area contributed by atoms with Gasteiger partial charge in [-0.3, -0.25) is 14.6 Å². The zero-order chi connectivity index (χ0) is 33.1. The number of likely N-dealkylation sites (tertiary alicyclic amines) is 2. The zero-order valence-corrected chi connectivity index (χ0v) is 28.0. The van der Waals surface area contributed by atoms with Crippen molar-refractivity contribution in [2.45, 2.75) is 84.6 Å². The molecule has 6 rings (SSSR count). The van der Waals surface area contributed by atoms with E-state index in [0.717, 1.165) is 78.3 Å². The summed E-state index contributed by atoms with van der Waals surface area (Å²) in [5, 5.41) is 12.9. The van der Waals surface area contributed by atoms with Crippen LogP contribution in [0.25, 0.3) is 0 Å². The molecule has 0 spiro atoms. The number of amides is 2. The molecular weight excluding hydrogens is 596 g/mol. The molecule has 0 N–H and O–H groups in total. The first-order chi connectivity index (χ1) is 22.8. The highest BCUT2D eigenvalue weighted by atomic mass is 16.6. The van der Waals surface area contributed by atoms with Crippen molar-refractivity contribution in [3.63, 3.8) is 0 Å². The highest BCUT2D eigenvalue weighted by molar-refractivity contribution is 5.97. The number of cyclic esters (lactones) is 1. The molecule has 1 aromatic heterocycles. The first kappa shape index (κ1) is 32.6. The molecule has 0 radical (unpaired) electrons. The summed E-state index contributed by atoms with van der Waals surface area (Å²) in [4.78, 5) is 32.3. The molecule has 0 bridgehead atoms. The fourth-order valence-electron chi connectivity index (χ4n) is 7.28. The molecule has 0 aliphatic carbocycles. The van der Waals surface area contributed by atoms with Crippen LogP contribution in [0, 0.1) is 12.1 Å². The van der Waals surface area contributed by atoms with Crippen molar-refractivity contribution in [2.24, 2.45) is 0 Å². The molecule has 0 atom stereocenters. The Kier molecular flexibility index (Phi) is 9.87. The summed E-state index contributed by atoms with van der Waals surface area (Å²) in [5.74, 6) is 1.09. The van der Waals surface area contributed by atoms with Gasteiger partial charge in [0, 0.05) is 74.9 Å². The lowest BCUT2D eigenvalue weighted by Gasteiger charge is -2.40. The first-order valence-electron chi connectivity index (χ1n) is 16.9. The van der Waals surface area contributed by atoms with Crippen molar-refractivity contribution in [1.29, 1.82) is 0 Å². The summed E-state index contributed by atoms with van der Waals surface area (Å²) in [6.07, 6.45) is 4.26. The molecule has 0 unspecified atom stereocenters. The Morgan fingerprint density at radius 2 is 1.74 bits per heavy atom. The lowest BCUT2D eigenvalue weighted by atomic mass is 10.00. The fraction of sp³-hybridized carbons (Fsp3) is 0.486. The number of nitrogens with zero attached hydrogens (tertiary/aromatic N) is 4. The number of carbonyl (C=O) groups excluding carboxylic acids is 2. The van der Waals surface area contributed by atoms with Crippen LogP contribution in [0.15, 0.2) is 48.5 Å². The van der Waals surface area contributed by atoms with E-state index >= 15 is 0 Å². The SMILES string of the molecule is CCc1cc(C)c(CN2CCC(Oc3ccc(C(=O)N4CCC(N5C(=O)OCc6ccccc65)CC4)c(OC)c3)CC2)c(CC)[n+]1[O-]. The van der Waals surface area contributed by atoms with E-state index < -0.39 is 0 Å². The van der Waals surface area contributed by atoms with E-state index in [1.54, 1.807) is 18.1 Å². The molecule has 10 heteroatoms. The number of ether oxygens (including phenoxy) is 3. The minimum absolute atomic E-state index is 0.0283. The van der Waals surface area contributed by atoms with E-state index in [1.165, 1.54) is 5.56 Å².